The number of hydrogen-bond donors (Lipinski definition) is 1. The highest BCUT2D eigenvalue weighted by atomic mass is 19.4. The number of nitrogens with two attached hydrogens (primary N) is 1. The second-order valence-corrected chi connectivity index (χ2v) is 4.15. The number of benzene rings is 1. The van der Waals surface area contributed by atoms with E-state index in [1.165, 1.54) is 30.5 Å². The summed E-state index contributed by atoms with van der Waals surface area (Å²) in [5, 5.41) is 8.77. The summed E-state index contributed by atoms with van der Waals surface area (Å²) in [7, 11) is 0. The van der Waals surface area contributed by atoms with Crippen LogP contribution >= 0.6 is 0 Å². The Morgan fingerprint density at radius 1 is 1.25 bits per heavy atom. The zero-order valence-electron chi connectivity index (χ0n) is 10.3. The molecule has 0 saturated carbocycles. The Morgan fingerprint density at radius 3 is 2.60 bits per heavy atom. The number of alkyl halides is 3. The fraction of sp³-hybridized carbons (Fsp3) is 0.143. The number of nitriles is 1. The van der Waals surface area contributed by atoms with Gasteiger partial charge in [-0.05, 0) is 17.7 Å². The lowest BCUT2D eigenvalue weighted by Crippen LogP contribution is -2.08. The molecule has 1 heterocycles. The van der Waals surface area contributed by atoms with Crippen LogP contribution in [0.2, 0.25) is 0 Å². The molecule has 2 aromatic rings. The Kier molecular flexibility index (Phi) is 3.61. The maximum Gasteiger partial charge on any atom is 0.417 e. The van der Waals surface area contributed by atoms with Gasteiger partial charge in [0.2, 0.25) is 0 Å². The molecule has 0 bridgehead atoms. The number of aromatic nitrogens is 1. The van der Waals surface area contributed by atoms with Gasteiger partial charge in [0.25, 0.3) is 0 Å². The highest BCUT2D eigenvalue weighted by Gasteiger charge is 2.34. The van der Waals surface area contributed by atoms with E-state index in [4.69, 9.17) is 11.0 Å². The van der Waals surface area contributed by atoms with Gasteiger partial charge in [-0.3, -0.25) is 4.98 Å². The second-order valence-electron chi connectivity index (χ2n) is 4.15. The van der Waals surface area contributed by atoms with Crippen molar-refractivity contribution >= 4 is 5.69 Å². The van der Waals surface area contributed by atoms with Gasteiger partial charge in [0.05, 0.1) is 35.6 Å². The zero-order chi connectivity index (χ0) is 14.8. The van der Waals surface area contributed by atoms with Gasteiger partial charge in [-0.15, -0.1) is 0 Å². The third kappa shape index (κ3) is 2.72. The molecule has 6 heteroatoms. The van der Waals surface area contributed by atoms with Crippen molar-refractivity contribution in [2.75, 3.05) is 5.73 Å². The third-order valence-electron chi connectivity index (χ3n) is 2.74. The number of anilines is 1. The number of nitrogens with zero attached hydrogens (tertiary/aromatic N) is 2. The molecule has 102 valence electrons. The standard InChI is InChI=1S/C14H10F3N3/c15-14(16,17)12-4-2-1-3-11(12)13-9(5-6-18)7-10(19)8-20-13/h1-4,7-8H,5,19H2. The third-order valence-corrected chi connectivity index (χ3v) is 2.74. The van der Waals surface area contributed by atoms with E-state index in [-0.39, 0.29) is 17.7 Å². The molecule has 0 amide bonds. The highest BCUT2D eigenvalue weighted by molar-refractivity contribution is 5.69. The van der Waals surface area contributed by atoms with Crippen molar-refractivity contribution < 1.29 is 13.2 Å². The van der Waals surface area contributed by atoms with E-state index < -0.39 is 11.7 Å². The predicted octanol–water partition coefficient (Wildman–Crippen LogP) is 3.42. The van der Waals surface area contributed by atoms with Crippen molar-refractivity contribution in [3.05, 3.63) is 47.7 Å². The first-order chi connectivity index (χ1) is 9.43. The summed E-state index contributed by atoms with van der Waals surface area (Å²) in [5.41, 5.74) is 5.55. The van der Waals surface area contributed by atoms with Gasteiger partial charge in [-0.25, -0.2) is 0 Å². The first-order valence-corrected chi connectivity index (χ1v) is 5.71. The van der Waals surface area contributed by atoms with Crippen LogP contribution in [0.25, 0.3) is 11.3 Å². The van der Waals surface area contributed by atoms with Crippen LogP contribution in [0.15, 0.2) is 36.5 Å². The van der Waals surface area contributed by atoms with Gasteiger partial charge in [0.1, 0.15) is 0 Å². The van der Waals surface area contributed by atoms with E-state index in [9.17, 15) is 13.2 Å². The molecule has 2 N–H and O–H groups in total. The lowest BCUT2D eigenvalue weighted by atomic mass is 9.98. The first kappa shape index (κ1) is 13.9. The molecule has 0 fully saturated rings. The SMILES string of the molecule is N#CCc1cc(N)cnc1-c1ccccc1C(F)(F)F. The molecule has 20 heavy (non-hydrogen) atoms. The first-order valence-electron chi connectivity index (χ1n) is 5.71. The van der Waals surface area contributed by atoms with E-state index in [1.807, 2.05) is 6.07 Å². The van der Waals surface area contributed by atoms with Gasteiger partial charge in [0, 0.05) is 5.56 Å². The lowest BCUT2D eigenvalue weighted by Gasteiger charge is -2.14. The van der Waals surface area contributed by atoms with Crippen LogP contribution in [0.5, 0.6) is 0 Å². The Hall–Kier alpha value is -2.55. The molecule has 0 aliphatic rings. The zero-order valence-corrected chi connectivity index (χ0v) is 10.3. The van der Waals surface area contributed by atoms with Crippen molar-refractivity contribution in [1.82, 2.24) is 4.98 Å². The van der Waals surface area contributed by atoms with Crippen LogP contribution in [0.4, 0.5) is 18.9 Å². The molecular formula is C14H10F3N3. The minimum Gasteiger partial charge on any atom is -0.397 e. The average Bonchev–Trinajstić information content (AvgIpc) is 2.38. The van der Waals surface area contributed by atoms with E-state index in [2.05, 4.69) is 4.98 Å². The number of halogens is 3. The van der Waals surface area contributed by atoms with Crippen molar-refractivity contribution in [2.45, 2.75) is 12.6 Å². The normalized spacial score (nSPS) is 11.1. The van der Waals surface area contributed by atoms with Crippen LogP contribution in [0, 0.1) is 11.3 Å². The van der Waals surface area contributed by atoms with Gasteiger partial charge in [0.15, 0.2) is 0 Å². The van der Waals surface area contributed by atoms with E-state index in [1.54, 1.807) is 0 Å². The molecule has 3 nitrogen and oxygen atoms in total. The van der Waals surface area contributed by atoms with Gasteiger partial charge < -0.3 is 5.73 Å². The number of rotatable bonds is 2. The van der Waals surface area contributed by atoms with Crippen LogP contribution in [0.3, 0.4) is 0 Å². The predicted molar refractivity (Wildman–Crippen MR) is 68.4 cm³/mol. The number of nitrogen functional groups attached to an aromatic ring is 1. The Bertz CT molecular complexity index is 672. The van der Waals surface area contributed by atoms with Gasteiger partial charge in [-0.2, -0.15) is 18.4 Å². The minimum atomic E-state index is -4.48. The minimum absolute atomic E-state index is 0.0507. The monoisotopic (exact) mass is 277 g/mol. The van der Waals surface area contributed by atoms with Gasteiger partial charge >= 0.3 is 6.18 Å². The highest BCUT2D eigenvalue weighted by Crippen LogP contribution is 2.37. The molecule has 0 saturated heterocycles. The average molecular weight is 277 g/mol. The quantitative estimate of drug-likeness (QED) is 0.914. The smallest absolute Gasteiger partial charge is 0.397 e. The topological polar surface area (TPSA) is 62.7 Å². The molecule has 0 radical (unpaired) electrons. The summed E-state index contributed by atoms with van der Waals surface area (Å²) < 4.78 is 39.0. The van der Waals surface area contributed by atoms with Crippen LogP contribution < -0.4 is 5.73 Å². The summed E-state index contributed by atoms with van der Waals surface area (Å²) >= 11 is 0. The lowest BCUT2D eigenvalue weighted by molar-refractivity contribution is -0.137. The maximum absolute atomic E-state index is 13.0. The Balaban J connectivity index is 2.67. The molecule has 2 rings (SSSR count). The van der Waals surface area contributed by atoms with E-state index in [0.717, 1.165) is 6.07 Å². The molecule has 0 spiro atoms. The molecule has 0 unspecified atom stereocenters. The van der Waals surface area contributed by atoms with Crippen molar-refractivity contribution in [3.8, 4) is 17.3 Å². The fourth-order valence-electron chi connectivity index (χ4n) is 1.93. The molecule has 1 aromatic carbocycles. The van der Waals surface area contributed by atoms with Crippen molar-refractivity contribution in [2.24, 2.45) is 0 Å². The van der Waals surface area contributed by atoms with Crippen molar-refractivity contribution in [1.29, 1.82) is 5.26 Å². The Labute approximate surface area is 113 Å². The summed E-state index contributed by atoms with van der Waals surface area (Å²) in [6, 6.07) is 8.51. The largest absolute Gasteiger partial charge is 0.417 e. The van der Waals surface area contributed by atoms with Crippen LogP contribution in [-0.4, -0.2) is 4.98 Å². The number of pyridine rings is 1. The van der Waals surface area contributed by atoms with Gasteiger partial charge in [-0.1, -0.05) is 18.2 Å². The van der Waals surface area contributed by atoms with Crippen molar-refractivity contribution in [3.63, 3.8) is 0 Å². The summed E-state index contributed by atoms with van der Waals surface area (Å²) in [4.78, 5) is 3.97. The summed E-state index contributed by atoms with van der Waals surface area (Å²) in [5.74, 6) is 0. The molecule has 0 atom stereocenters. The maximum atomic E-state index is 13.0. The molecule has 0 aliphatic heterocycles. The number of hydrogen-bond acceptors (Lipinski definition) is 3. The second kappa shape index (κ2) is 5.21. The summed E-state index contributed by atoms with van der Waals surface area (Å²) in [6.45, 7) is 0. The van der Waals surface area contributed by atoms with Crippen LogP contribution in [-0.2, 0) is 12.6 Å². The molecule has 0 aliphatic carbocycles. The Morgan fingerprint density at radius 2 is 1.95 bits per heavy atom. The van der Waals surface area contributed by atoms with Crippen LogP contribution in [0.1, 0.15) is 11.1 Å². The fourth-order valence-corrected chi connectivity index (χ4v) is 1.93. The van der Waals surface area contributed by atoms with E-state index in [0.29, 0.717) is 11.3 Å². The molecular weight excluding hydrogens is 267 g/mol. The molecule has 1 aromatic heterocycles. The summed E-state index contributed by atoms with van der Waals surface area (Å²) in [6.07, 6.45) is -3.26. The van der Waals surface area contributed by atoms with E-state index >= 15 is 0 Å².